The SMILES string of the molecule is O=c1c(-c2nccn2-c2cnc3sccn3c2=O)ccc2n1C[C@@H]1CNC[C@H]2C1. The molecule has 4 aromatic heterocycles. The molecule has 0 spiro atoms. The van der Waals surface area contributed by atoms with E-state index in [1.165, 1.54) is 15.7 Å². The zero-order valence-electron chi connectivity index (χ0n) is 15.5. The molecule has 2 bridgehead atoms. The van der Waals surface area contributed by atoms with E-state index in [1.807, 2.05) is 22.1 Å². The first-order chi connectivity index (χ1) is 14.2. The molecule has 0 radical (unpaired) electrons. The second kappa shape index (κ2) is 6.23. The van der Waals surface area contributed by atoms with E-state index >= 15 is 0 Å². The van der Waals surface area contributed by atoms with Crippen LogP contribution in [0.5, 0.6) is 0 Å². The van der Waals surface area contributed by atoms with Gasteiger partial charge in [0.25, 0.3) is 11.1 Å². The van der Waals surface area contributed by atoms with Gasteiger partial charge in [0.05, 0.1) is 11.8 Å². The van der Waals surface area contributed by atoms with Crippen molar-refractivity contribution in [2.45, 2.75) is 18.9 Å². The van der Waals surface area contributed by atoms with Crippen LogP contribution in [-0.2, 0) is 6.54 Å². The first kappa shape index (κ1) is 16.9. The van der Waals surface area contributed by atoms with Gasteiger partial charge in [-0.2, -0.15) is 0 Å². The number of aromatic nitrogens is 5. The molecular formula is C20H18N6O2S. The van der Waals surface area contributed by atoms with Crippen LogP contribution in [0.4, 0.5) is 0 Å². The Morgan fingerprint density at radius 1 is 1.10 bits per heavy atom. The van der Waals surface area contributed by atoms with Gasteiger partial charge >= 0.3 is 0 Å². The van der Waals surface area contributed by atoms with Crippen molar-refractivity contribution in [3.63, 3.8) is 0 Å². The van der Waals surface area contributed by atoms with Gasteiger partial charge in [-0.25, -0.2) is 9.97 Å². The summed E-state index contributed by atoms with van der Waals surface area (Å²) >= 11 is 1.40. The van der Waals surface area contributed by atoms with Crippen LogP contribution in [0.1, 0.15) is 18.0 Å². The van der Waals surface area contributed by atoms with Crippen LogP contribution in [0, 0.1) is 5.92 Å². The topological polar surface area (TPSA) is 86.2 Å². The third kappa shape index (κ3) is 2.47. The minimum Gasteiger partial charge on any atom is -0.316 e. The molecular weight excluding hydrogens is 388 g/mol. The van der Waals surface area contributed by atoms with Crippen LogP contribution in [-0.4, -0.2) is 36.6 Å². The zero-order valence-corrected chi connectivity index (χ0v) is 16.3. The summed E-state index contributed by atoms with van der Waals surface area (Å²) in [5.41, 5.74) is 1.73. The molecule has 6 heterocycles. The molecule has 2 aliphatic heterocycles. The van der Waals surface area contributed by atoms with E-state index in [0.29, 0.717) is 33.9 Å². The van der Waals surface area contributed by atoms with Crippen molar-refractivity contribution in [3.05, 3.63) is 68.7 Å². The number of imidazole rings is 1. The molecule has 0 unspecified atom stereocenters. The number of hydrogen-bond acceptors (Lipinski definition) is 6. The lowest BCUT2D eigenvalue weighted by molar-refractivity contribution is 0.257. The maximum atomic E-state index is 13.4. The highest BCUT2D eigenvalue weighted by Crippen LogP contribution is 2.32. The average Bonchev–Trinajstić information content (AvgIpc) is 3.39. The normalized spacial score (nSPS) is 20.7. The van der Waals surface area contributed by atoms with Crippen molar-refractivity contribution in [1.29, 1.82) is 0 Å². The molecule has 1 fully saturated rings. The lowest BCUT2D eigenvalue weighted by Crippen LogP contribution is -2.45. The molecule has 1 N–H and O–H groups in total. The Bertz CT molecular complexity index is 1360. The molecule has 0 aromatic carbocycles. The Kier molecular flexibility index (Phi) is 3.62. The Labute approximate surface area is 169 Å². The molecule has 29 heavy (non-hydrogen) atoms. The summed E-state index contributed by atoms with van der Waals surface area (Å²) in [6, 6.07) is 3.88. The number of rotatable bonds is 2. The molecule has 6 rings (SSSR count). The highest BCUT2D eigenvalue weighted by molar-refractivity contribution is 7.15. The molecule has 146 valence electrons. The third-order valence-corrected chi connectivity index (χ3v) is 6.75. The first-order valence-corrected chi connectivity index (χ1v) is 10.5. The molecule has 9 heteroatoms. The Hall–Kier alpha value is -3.04. The van der Waals surface area contributed by atoms with Crippen LogP contribution in [0.15, 0.2) is 51.9 Å². The van der Waals surface area contributed by atoms with E-state index in [-0.39, 0.29) is 11.1 Å². The summed E-state index contributed by atoms with van der Waals surface area (Å²) in [7, 11) is 0. The van der Waals surface area contributed by atoms with Crippen LogP contribution in [0.2, 0.25) is 0 Å². The quantitative estimate of drug-likeness (QED) is 0.545. The summed E-state index contributed by atoms with van der Waals surface area (Å²) in [5, 5.41) is 5.29. The predicted octanol–water partition coefficient (Wildman–Crippen LogP) is 1.48. The summed E-state index contributed by atoms with van der Waals surface area (Å²) in [5.74, 6) is 1.32. The standard InChI is InChI=1S/C20H18N6O2S/c27-18-14(1-2-15-13-7-12(8-21-9-13)11-26(15)18)17-22-3-4-24(17)16-10-23-20-25(19(16)28)5-6-29-20/h1-6,10,12-13,21H,7-9,11H2/t12-,13+/m0/s1. The Morgan fingerprint density at radius 2 is 2.03 bits per heavy atom. The second-order valence-electron chi connectivity index (χ2n) is 7.67. The van der Waals surface area contributed by atoms with E-state index in [0.717, 1.165) is 31.7 Å². The molecule has 1 saturated heterocycles. The third-order valence-electron chi connectivity index (χ3n) is 5.97. The number of fused-ring (bicyclic) bond motifs is 5. The Balaban J connectivity index is 1.52. The smallest absolute Gasteiger partial charge is 0.282 e. The molecule has 0 aliphatic carbocycles. The summed E-state index contributed by atoms with van der Waals surface area (Å²) < 4.78 is 5.08. The van der Waals surface area contributed by atoms with Gasteiger partial charge in [0, 0.05) is 48.7 Å². The van der Waals surface area contributed by atoms with Crippen molar-refractivity contribution in [1.82, 2.24) is 28.8 Å². The maximum Gasteiger partial charge on any atom is 0.282 e. The number of nitrogens with one attached hydrogen (secondary N) is 1. The molecule has 4 aromatic rings. The molecule has 2 atom stereocenters. The van der Waals surface area contributed by atoms with Crippen molar-refractivity contribution in [2.75, 3.05) is 13.1 Å². The fraction of sp³-hybridized carbons (Fsp3) is 0.300. The fourth-order valence-corrected chi connectivity index (χ4v) is 5.31. The number of hydrogen-bond donors (Lipinski definition) is 1. The van der Waals surface area contributed by atoms with Gasteiger partial charge in [-0.05, 0) is 31.0 Å². The molecule has 0 amide bonds. The van der Waals surface area contributed by atoms with E-state index in [1.54, 1.807) is 29.4 Å². The van der Waals surface area contributed by atoms with Crippen molar-refractivity contribution < 1.29 is 0 Å². The van der Waals surface area contributed by atoms with Gasteiger partial charge in [0.1, 0.15) is 11.5 Å². The summed E-state index contributed by atoms with van der Waals surface area (Å²) in [6.45, 7) is 2.58. The van der Waals surface area contributed by atoms with E-state index in [9.17, 15) is 9.59 Å². The van der Waals surface area contributed by atoms with Gasteiger partial charge in [-0.15, -0.1) is 11.3 Å². The highest BCUT2D eigenvalue weighted by Gasteiger charge is 2.31. The van der Waals surface area contributed by atoms with Gasteiger partial charge in [-0.3, -0.25) is 18.6 Å². The van der Waals surface area contributed by atoms with Gasteiger partial charge < -0.3 is 9.88 Å². The monoisotopic (exact) mass is 406 g/mol. The molecule has 2 aliphatic rings. The largest absolute Gasteiger partial charge is 0.316 e. The number of piperidine rings is 1. The van der Waals surface area contributed by atoms with Crippen molar-refractivity contribution >= 4 is 16.3 Å². The zero-order chi connectivity index (χ0) is 19.5. The minimum atomic E-state index is -0.186. The lowest BCUT2D eigenvalue weighted by atomic mass is 9.84. The van der Waals surface area contributed by atoms with Crippen LogP contribution < -0.4 is 16.4 Å². The maximum absolute atomic E-state index is 13.4. The molecule has 0 saturated carbocycles. The second-order valence-corrected chi connectivity index (χ2v) is 8.54. The first-order valence-electron chi connectivity index (χ1n) is 9.64. The fourth-order valence-electron chi connectivity index (χ4n) is 4.64. The van der Waals surface area contributed by atoms with E-state index in [2.05, 4.69) is 15.3 Å². The van der Waals surface area contributed by atoms with Gasteiger partial charge in [-0.1, -0.05) is 0 Å². The van der Waals surface area contributed by atoms with E-state index in [4.69, 9.17) is 0 Å². The van der Waals surface area contributed by atoms with Crippen molar-refractivity contribution in [2.24, 2.45) is 5.92 Å². The minimum absolute atomic E-state index is 0.0452. The van der Waals surface area contributed by atoms with Crippen molar-refractivity contribution in [3.8, 4) is 17.1 Å². The molecule has 8 nitrogen and oxygen atoms in total. The summed E-state index contributed by atoms with van der Waals surface area (Å²) in [6.07, 6.45) is 7.69. The van der Waals surface area contributed by atoms with Crippen LogP contribution >= 0.6 is 11.3 Å². The average molecular weight is 406 g/mol. The van der Waals surface area contributed by atoms with Crippen LogP contribution in [0.25, 0.3) is 22.0 Å². The number of pyridine rings is 1. The lowest BCUT2D eigenvalue weighted by Gasteiger charge is -2.37. The predicted molar refractivity (Wildman–Crippen MR) is 110 cm³/mol. The highest BCUT2D eigenvalue weighted by atomic mass is 32.1. The van der Waals surface area contributed by atoms with Crippen LogP contribution in [0.3, 0.4) is 0 Å². The summed E-state index contributed by atoms with van der Waals surface area (Å²) in [4.78, 5) is 35.7. The number of nitrogens with zero attached hydrogens (tertiary/aromatic N) is 5. The number of thiazole rings is 1. The Morgan fingerprint density at radius 3 is 2.97 bits per heavy atom. The van der Waals surface area contributed by atoms with Gasteiger partial charge in [0.2, 0.25) is 0 Å². The van der Waals surface area contributed by atoms with E-state index < -0.39 is 0 Å². The van der Waals surface area contributed by atoms with Gasteiger partial charge in [0.15, 0.2) is 4.96 Å².